The number of ether oxygens (including phenoxy) is 1. The first-order valence-electron chi connectivity index (χ1n) is 10.2. The number of carbonyl (C=O) groups is 1. The van der Waals surface area contributed by atoms with Gasteiger partial charge in [-0.2, -0.15) is 4.72 Å². The minimum Gasteiger partial charge on any atom is -0.494 e. The lowest BCUT2D eigenvalue weighted by molar-refractivity contribution is -0.122. The Hall–Kier alpha value is -2.87. The third kappa shape index (κ3) is 7.37. The van der Waals surface area contributed by atoms with Crippen LogP contribution in [0.15, 0.2) is 89.8 Å². The van der Waals surface area contributed by atoms with Crippen LogP contribution in [0.1, 0.15) is 12.0 Å². The lowest BCUT2D eigenvalue weighted by Crippen LogP contribution is -2.48. The van der Waals surface area contributed by atoms with Crippen molar-refractivity contribution >= 4 is 27.5 Å². The Kier molecular flexibility index (Phi) is 8.67. The summed E-state index contributed by atoms with van der Waals surface area (Å²) in [6.45, 7) is 0.756. The maximum Gasteiger partial charge on any atom is 0.241 e. The number of carbonyl (C=O) groups excluding carboxylic acids is 1. The van der Waals surface area contributed by atoms with E-state index in [4.69, 9.17) is 16.3 Å². The molecule has 32 heavy (non-hydrogen) atoms. The van der Waals surface area contributed by atoms with Gasteiger partial charge in [0.15, 0.2) is 0 Å². The van der Waals surface area contributed by atoms with Gasteiger partial charge in [-0.15, -0.1) is 0 Å². The van der Waals surface area contributed by atoms with Gasteiger partial charge in [0.1, 0.15) is 11.8 Å². The van der Waals surface area contributed by atoms with Crippen molar-refractivity contribution in [3.63, 3.8) is 0 Å². The van der Waals surface area contributed by atoms with Gasteiger partial charge in [-0.25, -0.2) is 8.42 Å². The van der Waals surface area contributed by atoms with Crippen molar-refractivity contribution in [2.24, 2.45) is 0 Å². The van der Waals surface area contributed by atoms with Crippen LogP contribution in [0.3, 0.4) is 0 Å². The Labute approximate surface area is 193 Å². The molecule has 0 fully saturated rings. The van der Waals surface area contributed by atoms with Crippen LogP contribution in [0.4, 0.5) is 0 Å². The zero-order valence-corrected chi connectivity index (χ0v) is 19.0. The second kappa shape index (κ2) is 11.7. The Morgan fingerprint density at radius 2 is 1.53 bits per heavy atom. The fourth-order valence-corrected chi connectivity index (χ4v) is 4.36. The largest absolute Gasteiger partial charge is 0.494 e. The second-order valence-corrected chi connectivity index (χ2v) is 9.27. The first-order chi connectivity index (χ1) is 15.4. The van der Waals surface area contributed by atoms with Gasteiger partial charge >= 0.3 is 0 Å². The van der Waals surface area contributed by atoms with Crippen LogP contribution in [0, 0.1) is 0 Å². The zero-order chi connectivity index (χ0) is 22.8. The highest BCUT2D eigenvalue weighted by molar-refractivity contribution is 7.89. The topological polar surface area (TPSA) is 84.5 Å². The minimum atomic E-state index is -3.85. The molecule has 2 N–H and O–H groups in total. The quantitative estimate of drug-likeness (QED) is 0.415. The van der Waals surface area contributed by atoms with Crippen molar-refractivity contribution in [3.05, 3.63) is 95.5 Å². The molecule has 0 saturated carbocycles. The fraction of sp³-hybridized carbons (Fsp3) is 0.208. The highest BCUT2D eigenvalue weighted by atomic mass is 35.5. The number of benzene rings is 3. The summed E-state index contributed by atoms with van der Waals surface area (Å²) >= 11 is 5.85. The van der Waals surface area contributed by atoms with Crippen LogP contribution in [-0.2, 0) is 21.2 Å². The van der Waals surface area contributed by atoms with E-state index in [1.807, 2.05) is 30.3 Å². The van der Waals surface area contributed by atoms with Gasteiger partial charge in [0.2, 0.25) is 15.9 Å². The van der Waals surface area contributed by atoms with E-state index in [0.717, 1.165) is 5.56 Å². The van der Waals surface area contributed by atoms with Crippen LogP contribution >= 0.6 is 11.6 Å². The van der Waals surface area contributed by atoms with Crippen LogP contribution in [-0.4, -0.2) is 33.5 Å². The summed E-state index contributed by atoms with van der Waals surface area (Å²) in [7, 11) is -3.85. The molecule has 3 aromatic carbocycles. The molecule has 0 aromatic heterocycles. The first-order valence-corrected chi connectivity index (χ1v) is 12.1. The van der Waals surface area contributed by atoms with Crippen molar-refractivity contribution < 1.29 is 17.9 Å². The molecule has 0 bridgehead atoms. The highest BCUT2D eigenvalue weighted by Gasteiger charge is 2.25. The smallest absolute Gasteiger partial charge is 0.241 e. The van der Waals surface area contributed by atoms with E-state index in [-0.39, 0.29) is 17.2 Å². The number of rotatable bonds is 11. The van der Waals surface area contributed by atoms with Crippen molar-refractivity contribution in [3.8, 4) is 5.75 Å². The summed E-state index contributed by atoms with van der Waals surface area (Å²) in [5, 5.41) is 3.44. The molecule has 1 atom stereocenters. The first kappa shape index (κ1) is 23.8. The van der Waals surface area contributed by atoms with Crippen molar-refractivity contribution in [2.45, 2.75) is 23.8 Å². The zero-order valence-electron chi connectivity index (χ0n) is 17.4. The monoisotopic (exact) mass is 472 g/mol. The number of hydrogen-bond donors (Lipinski definition) is 2. The Bertz CT molecular complexity index is 1090. The predicted molar refractivity (Wildman–Crippen MR) is 125 cm³/mol. The van der Waals surface area contributed by atoms with E-state index in [1.54, 1.807) is 42.5 Å². The predicted octanol–water partition coefficient (Wildman–Crippen LogP) is 3.81. The Morgan fingerprint density at radius 1 is 0.906 bits per heavy atom. The third-order valence-electron chi connectivity index (χ3n) is 4.65. The molecule has 1 amide bonds. The molecule has 0 heterocycles. The van der Waals surface area contributed by atoms with Crippen molar-refractivity contribution in [1.82, 2.24) is 10.0 Å². The highest BCUT2D eigenvalue weighted by Crippen LogP contribution is 2.15. The SMILES string of the molecule is O=C(NCCCOc1ccc(Cl)cc1)C(Cc1ccccc1)NS(=O)(=O)c1ccccc1. The molecule has 0 aliphatic carbocycles. The summed E-state index contributed by atoms with van der Waals surface area (Å²) < 4.78 is 33.7. The molecule has 6 nitrogen and oxygen atoms in total. The van der Waals surface area contributed by atoms with E-state index in [0.29, 0.717) is 30.3 Å². The Balaban J connectivity index is 1.58. The molecular formula is C24H25ClN2O4S. The number of hydrogen-bond acceptors (Lipinski definition) is 4. The van der Waals surface area contributed by atoms with Gasteiger partial charge < -0.3 is 10.1 Å². The maximum absolute atomic E-state index is 12.8. The molecule has 0 spiro atoms. The molecule has 3 rings (SSSR count). The van der Waals surface area contributed by atoms with Gasteiger partial charge in [0.05, 0.1) is 11.5 Å². The van der Waals surface area contributed by atoms with E-state index in [2.05, 4.69) is 10.0 Å². The summed E-state index contributed by atoms with van der Waals surface area (Å²) in [5.41, 5.74) is 0.856. The molecule has 0 radical (unpaired) electrons. The lowest BCUT2D eigenvalue weighted by Gasteiger charge is -2.19. The van der Waals surface area contributed by atoms with Gasteiger partial charge in [0, 0.05) is 11.6 Å². The van der Waals surface area contributed by atoms with E-state index in [1.165, 1.54) is 12.1 Å². The normalized spacial score (nSPS) is 12.2. The molecule has 168 valence electrons. The van der Waals surface area contributed by atoms with E-state index < -0.39 is 16.1 Å². The van der Waals surface area contributed by atoms with Gasteiger partial charge in [-0.1, -0.05) is 60.1 Å². The summed E-state index contributed by atoms with van der Waals surface area (Å²) in [6, 6.07) is 23.4. The molecule has 0 saturated heterocycles. The van der Waals surface area contributed by atoms with Crippen LogP contribution in [0.2, 0.25) is 5.02 Å². The van der Waals surface area contributed by atoms with Gasteiger partial charge in [0.25, 0.3) is 0 Å². The van der Waals surface area contributed by atoms with Gasteiger partial charge in [-0.05, 0) is 54.8 Å². The lowest BCUT2D eigenvalue weighted by atomic mass is 10.1. The van der Waals surface area contributed by atoms with Gasteiger partial charge in [-0.3, -0.25) is 4.79 Å². The molecule has 0 aliphatic rings. The molecule has 3 aromatic rings. The number of sulfonamides is 1. The summed E-state index contributed by atoms with van der Waals surface area (Å²) in [5.74, 6) is 0.304. The fourth-order valence-electron chi connectivity index (χ4n) is 3.02. The van der Waals surface area contributed by atoms with Crippen LogP contribution in [0.5, 0.6) is 5.75 Å². The van der Waals surface area contributed by atoms with Crippen LogP contribution in [0.25, 0.3) is 0 Å². The molecule has 8 heteroatoms. The average Bonchev–Trinajstić information content (AvgIpc) is 2.80. The summed E-state index contributed by atoms with van der Waals surface area (Å²) in [4.78, 5) is 12.9. The van der Waals surface area contributed by atoms with E-state index >= 15 is 0 Å². The molecule has 0 aliphatic heterocycles. The molecular weight excluding hydrogens is 448 g/mol. The van der Waals surface area contributed by atoms with Crippen molar-refractivity contribution in [2.75, 3.05) is 13.2 Å². The number of halogens is 1. The number of nitrogens with one attached hydrogen (secondary N) is 2. The van der Waals surface area contributed by atoms with Crippen molar-refractivity contribution in [1.29, 1.82) is 0 Å². The third-order valence-corrected chi connectivity index (χ3v) is 6.39. The standard InChI is InChI=1S/C24H25ClN2O4S/c25-20-12-14-21(15-13-20)31-17-7-16-26-24(28)23(18-19-8-3-1-4-9-19)27-32(29,30)22-10-5-2-6-11-22/h1-6,8-15,23,27H,7,16-18H2,(H,26,28). The Morgan fingerprint density at radius 3 is 2.19 bits per heavy atom. The minimum absolute atomic E-state index is 0.113. The van der Waals surface area contributed by atoms with Crippen LogP contribution < -0.4 is 14.8 Å². The summed E-state index contributed by atoms with van der Waals surface area (Å²) in [6.07, 6.45) is 0.803. The second-order valence-electron chi connectivity index (χ2n) is 7.12. The number of amides is 1. The molecule has 1 unspecified atom stereocenters. The maximum atomic E-state index is 12.8. The van der Waals surface area contributed by atoms with E-state index in [9.17, 15) is 13.2 Å². The average molecular weight is 473 g/mol.